The lowest BCUT2D eigenvalue weighted by atomic mass is 10.2. The summed E-state index contributed by atoms with van der Waals surface area (Å²) in [6.07, 6.45) is -0.819. The molecule has 15 heavy (non-hydrogen) atoms. The van der Waals surface area contributed by atoms with Crippen LogP contribution in [0.2, 0.25) is 0 Å². The fourth-order valence-corrected chi connectivity index (χ4v) is 1.80. The van der Waals surface area contributed by atoms with Crippen molar-refractivity contribution in [1.82, 2.24) is 9.44 Å². The van der Waals surface area contributed by atoms with Crippen LogP contribution in [0.25, 0.3) is 0 Å². The van der Waals surface area contributed by atoms with Gasteiger partial charge in [-0.05, 0) is 0 Å². The highest BCUT2D eigenvalue weighted by Crippen LogP contribution is 1.94. The van der Waals surface area contributed by atoms with Crippen LogP contribution < -0.4 is 9.44 Å². The summed E-state index contributed by atoms with van der Waals surface area (Å²) < 4.78 is 25.8. The molecular weight excluding hydrogens is 228 g/mol. The van der Waals surface area contributed by atoms with Gasteiger partial charge in [0.25, 0.3) is 10.2 Å². The minimum Gasteiger partial charge on any atom is -0.481 e. The van der Waals surface area contributed by atoms with E-state index in [1.807, 2.05) is 4.72 Å². The van der Waals surface area contributed by atoms with Gasteiger partial charge in [-0.1, -0.05) is 6.92 Å². The third-order valence-electron chi connectivity index (χ3n) is 1.31. The van der Waals surface area contributed by atoms with E-state index in [1.54, 1.807) is 4.72 Å². The summed E-state index contributed by atoms with van der Waals surface area (Å²) in [7, 11) is -3.97. The zero-order valence-electron chi connectivity index (χ0n) is 7.93. The van der Waals surface area contributed by atoms with E-state index in [1.165, 1.54) is 6.92 Å². The lowest BCUT2D eigenvalue weighted by molar-refractivity contribution is -0.145. The minimum absolute atomic E-state index is 0.0781. The van der Waals surface area contributed by atoms with E-state index in [4.69, 9.17) is 10.2 Å². The van der Waals surface area contributed by atoms with Gasteiger partial charge in [0, 0.05) is 6.54 Å². The molecule has 0 rings (SSSR count). The maximum absolute atomic E-state index is 11.0. The van der Waals surface area contributed by atoms with Gasteiger partial charge in [-0.2, -0.15) is 13.1 Å². The summed E-state index contributed by atoms with van der Waals surface area (Å²) in [6, 6.07) is -1.67. The van der Waals surface area contributed by atoms with E-state index in [2.05, 4.69) is 0 Å². The van der Waals surface area contributed by atoms with Gasteiger partial charge in [-0.25, -0.2) is 4.72 Å². The first-order valence-electron chi connectivity index (χ1n) is 4.00. The lowest BCUT2D eigenvalue weighted by Gasteiger charge is -2.12. The standard InChI is InChI=1S/C6H12N2O6S/c1-2-7-15(13,14)8-4(6(11)12)3-5(9)10/h4,7-8H,2-3H2,1H3,(H,9,10)(H,11,12). The molecule has 0 saturated heterocycles. The molecular formula is C6H12N2O6S. The van der Waals surface area contributed by atoms with Gasteiger partial charge >= 0.3 is 11.9 Å². The number of carboxylic acid groups (broad SMARTS) is 2. The van der Waals surface area contributed by atoms with Crippen molar-refractivity contribution in [2.75, 3.05) is 6.54 Å². The third-order valence-corrected chi connectivity index (χ3v) is 2.57. The Morgan fingerprint density at radius 2 is 1.87 bits per heavy atom. The fourth-order valence-electron chi connectivity index (χ4n) is 0.773. The van der Waals surface area contributed by atoms with Crippen LogP contribution in [0.15, 0.2) is 0 Å². The summed E-state index contributed by atoms with van der Waals surface area (Å²) in [4.78, 5) is 20.7. The molecule has 0 aliphatic heterocycles. The number of hydrogen-bond acceptors (Lipinski definition) is 4. The first-order valence-corrected chi connectivity index (χ1v) is 5.48. The maximum Gasteiger partial charge on any atom is 0.322 e. The maximum atomic E-state index is 11.0. The molecule has 0 aliphatic rings. The van der Waals surface area contributed by atoms with Gasteiger partial charge in [0.2, 0.25) is 0 Å². The number of nitrogens with one attached hydrogen (secondary N) is 2. The minimum atomic E-state index is -3.97. The molecule has 0 aromatic carbocycles. The molecule has 0 aromatic rings. The third kappa shape index (κ3) is 5.99. The summed E-state index contributed by atoms with van der Waals surface area (Å²) >= 11 is 0. The average molecular weight is 240 g/mol. The summed E-state index contributed by atoms with van der Waals surface area (Å²) in [5.74, 6) is -2.94. The van der Waals surface area contributed by atoms with Crippen molar-refractivity contribution < 1.29 is 28.2 Å². The second kappa shape index (κ2) is 5.63. The SMILES string of the molecule is CCNS(=O)(=O)NC(CC(=O)O)C(=O)O. The zero-order chi connectivity index (χ0) is 12.1. The van der Waals surface area contributed by atoms with Crippen LogP contribution in [0.5, 0.6) is 0 Å². The van der Waals surface area contributed by atoms with Crippen molar-refractivity contribution in [3.63, 3.8) is 0 Å². The van der Waals surface area contributed by atoms with Gasteiger partial charge in [-0.15, -0.1) is 0 Å². The van der Waals surface area contributed by atoms with E-state index in [-0.39, 0.29) is 6.54 Å². The molecule has 0 spiro atoms. The Kier molecular flexibility index (Phi) is 5.19. The average Bonchev–Trinajstić information content (AvgIpc) is 2.00. The number of rotatable bonds is 7. The highest BCUT2D eigenvalue weighted by Gasteiger charge is 2.25. The Labute approximate surface area is 86.5 Å². The normalized spacial score (nSPS) is 13.4. The Bertz CT molecular complexity index is 338. The van der Waals surface area contributed by atoms with Crippen LogP contribution in [0.4, 0.5) is 0 Å². The molecule has 0 fully saturated rings. The first-order chi connectivity index (χ1) is 6.78. The molecule has 88 valence electrons. The van der Waals surface area contributed by atoms with Crippen molar-refractivity contribution in [1.29, 1.82) is 0 Å². The quantitative estimate of drug-likeness (QED) is 0.421. The predicted molar refractivity (Wildman–Crippen MR) is 49.4 cm³/mol. The Morgan fingerprint density at radius 1 is 1.33 bits per heavy atom. The predicted octanol–water partition coefficient (Wildman–Crippen LogP) is -1.64. The fraction of sp³-hybridized carbons (Fsp3) is 0.667. The van der Waals surface area contributed by atoms with Crippen LogP contribution in [0.1, 0.15) is 13.3 Å². The van der Waals surface area contributed by atoms with Crippen molar-refractivity contribution >= 4 is 22.1 Å². The van der Waals surface area contributed by atoms with Crippen LogP contribution in [-0.2, 0) is 19.8 Å². The molecule has 1 atom stereocenters. The number of hydrogen-bond donors (Lipinski definition) is 4. The van der Waals surface area contributed by atoms with E-state index in [0.717, 1.165) is 0 Å². The second-order valence-electron chi connectivity index (χ2n) is 2.61. The molecule has 0 radical (unpaired) electrons. The Morgan fingerprint density at radius 3 is 2.20 bits per heavy atom. The van der Waals surface area contributed by atoms with Crippen molar-refractivity contribution in [2.24, 2.45) is 0 Å². The molecule has 0 saturated carbocycles. The molecule has 0 aromatic heterocycles. The zero-order valence-corrected chi connectivity index (χ0v) is 8.74. The van der Waals surface area contributed by atoms with Crippen molar-refractivity contribution in [3.05, 3.63) is 0 Å². The molecule has 0 heterocycles. The molecule has 1 unspecified atom stereocenters. The van der Waals surface area contributed by atoms with E-state index in [9.17, 15) is 18.0 Å². The van der Waals surface area contributed by atoms with Gasteiger partial charge in [0.15, 0.2) is 0 Å². The van der Waals surface area contributed by atoms with Crippen LogP contribution in [0.3, 0.4) is 0 Å². The number of carboxylic acids is 2. The topological polar surface area (TPSA) is 133 Å². The number of aliphatic carboxylic acids is 2. The molecule has 0 bridgehead atoms. The van der Waals surface area contributed by atoms with Crippen LogP contribution in [0, 0.1) is 0 Å². The smallest absolute Gasteiger partial charge is 0.322 e. The summed E-state index contributed by atoms with van der Waals surface area (Å²) in [5.41, 5.74) is 0. The largest absolute Gasteiger partial charge is 0.481 e. The first kappa shape index (κ1) is 13.8. The van der Waals surface area contributed by atoms with Crippen LogP contribution in [-0.4, -0.2) is 43.2 Å². The Balaban J connectivity index is 4.55. The van der Waals surface area contributed by atoms with Gasteiger partial charge in [0.1, 0.15) is 6.04 Å². The molecule has 8 nitrogen and oxygen atoms in total. The summed E-state index contributed by atoms with van der Waals surface area (Å²) in [6.45, 7) is 1.58. The van der Waals surface area contributed by atoms with E-state index < -0.39 is 34.6 Å². The van der Waals surface area contributed by atoms with Gasteiger partial charge in [0.05, 0.1) is 6.42 Å². The molecule has 9 heteroatoms. The lowest BCUT2D eigenvalue weighted by Crippen LogP contribution is -2.47. The monoisotopic (exact) mass is 240 g/mol. The molecule has 0 amide bonds. The summed E-state index contributed by atoms with van der Waals surface area (Å²) in [5, 5.41) is 16.9. The van der Waals surface area contributed by atoms with Gasteiger partial charge < -0.3 is 10.2 Å². The van der Waals surface area contributed by atoms with E-state index in [0.29, 0.717) is 0 Å². The van der Waals surface area contributed by atoms with E-state index >= 15 is 0 Å². The van der Waals surface area contributed by atoms with Crippen molar-refractivity contribution in [3.8, 4) is 0 Å². The highest BCUT2D eigenvalue weighted by molar-refractivity contribution is 7.87. The van der Waals surface area contributed by atoms with Crippen molar-refractivity contribution in [2.45, 2.75) is 19.4 Å². The highest BCUT2D eigenvalue weighted by atomic mass is 32.2. The second-order valence-corrected chi connectivity index (χ2v) is 4.14. The molecule has 0 aliphatic carbocycles. The van der Waals surface area contributed by atoms with Crippen LogP contribution >= 0.6 is 0 Å². The Hall–Kier alpha value is -1.19. The molecule has 4 N–H and O–H groups in total. The van der Waals surface area contributed by atoms with Gasteiger partial charge in [-0.3, -0.25) is 9.59 Å². The number of carbonyl (C=O) groups is 2.